The van der Waals surface area contributed by atoms with E-state index in [1.807, 2.05) is 0 Å². The van der Waals surface area contributed by atoms with Gasteiger partial charge in [0, 0.05) is 6.54 Å². The molecule has 1 rings (SSSR count). The summed E-state index contributed by atoms with van der Waals surface area (Å²) in [6.45, 7) is 1.54. The smallest absolute Gasteiger partial charge is 0.0987 e. The first-order chi connectivity index (χ1) is 3.00. The molecule has 0 unspecified atom stereocenters. The quantitative estimate of drug-likeness (QED) is 0.395. The highest BCUT2D eigenvalue weighted by Gasteiger charge is 1.84. The highest BCUT2D eigenvalue weighted by Crippen LogP contribution is 1.60. The van der Waals surface area contributed by atoms with Crippen molar-refractivity contribution in [2.24, 2.45) is 5.10 Å². The molecule has 0 spiro atoms. The summed E-state index contributed by atoms with van der Waals surface area (Å²) in [4.78, 5) is 0. The molecule has 0 bridgehead atoms. The molecule has 0 aliphatic carbocycles. The van der Waals surface area contributed by atoms with Crippen LogP contribution >= 0.6 is 0 Å². The molecule has 0 aromatic carbocycles. The summed E-state index contributed by atoms with van der Waals surface area (Å²) in [6, 6.07) is 0. The standard InChI is InChI=1S/C3H6N3/c1-2-5-6-3-4-1/h4,6H,1,3H2. The van der Waals surface area contributed by atoms with Gasteiger partial charge in [0.1, 0.15) is 0 Å². The van der Waals surface area contributed by atoms with Gasteiger partial charge in [-0.3, -0.25) is 10.7 Å². The second kappa shape index (κ2) is 1.77. The van der Waals surface area contributed by atoms with Crippen LogP contribution in [-0.2, 0) is 0 Å². The van der Waals surface area contributed by atoms with Gasteiger partial charge in [0.25, 0.3) is 0 Å². The van der Waals surface area contributed by atoms with Crippen LogP contribution < -0.4 is 10.7 Å². The Kier molecular flexibility index (Phi) is 1.06. The van der Waals surface area contributed by atoms with E-state index in [0.717, 1.165) is 13.2 Å². The number of hydrazone groups is 1. The van der Waals surface area contributed by atoms with Crippen LogP contribution in [0.3, 0.4) is 0 Å². The molecular formula is C3H6N3. The van der Waals surface area contributed by atoms with E-state index in [1.165, 1.54) is 0 Å². The minimum Gasteiger partial charge on any atom is -0.296 e. The van der Waals surface area contributed by atoms with Gasteiger partial charge in [-0.1, -0.05) is 0 Å². The summed E-state index contributed by atoms with van der Waals surface area (Å²) in [5, 5.41) is 6.58. The molecule has 6 heavy (non-hydrogen) atoms. The van der Waals surface area contributed by atoms with Crippen molar-refractivity contribution in [2.75, 3.05) is 13.2 Å². The zero-order chi connectivity index (χ0) is 4.24. The molecule has 0 fully saturated rings. The van der Waals surface area contributed by atoms with E-state index >= 15 is 0 Å². The molecule has 0 aromatic rings. The Hall–Kier alpha value is -0.570. The van der Waals surface area contributed by atoms with Crippen LogP contribution in [0.15, 0.2) is 5.10 Å². The fourth-order valence-corrected chi connectivity index (χ4v) is 0.309. The lowest BCUT2D eigenvalue weighted by atomic mass is 10.7. The number of rotatable bonds is 0. The maximum absolute atomic E-state index is 3.61. The Morgan fingerprint density at radius 1 is 1.67 bits per heavy atom. The first-order valence-electron chi connectivity index (χ1n) is 1.86. The van der Waals surface area contributed by atoms with Gasteiger partial charge in [-0.05, 0) is 0 Å². The number of nitrogens with one attached hydrogen (secondary N) is 2. The Bertz CT molecular complexity index is 51.1. The van der Waals surface area contributed by atoms with E-state index in [9.17, 15) is 0 Å². The van der Waals surface area contributed by atoms with Crippen molar-refractivity contribution in [3.63, 3.8) is 0 Å². The van der Waals surface area contributed by atoms with Crippen LogP contribution in [0.4, 0.5) is 0 Å². The summed E-state index contributed by atoms with van der Waals surface area (Å²) in [7, 11) is 0. The molecule has 0 atom stereocenters. The molecule has 0 aromatic heterocycles. The van der Waals surface area contributed by atoms with Gasteiger partial charge in [0.2, 0.25) is 0 Å². The minimum atomic E-state index is 0.771. The fraction of sp³-hybridized carbons (Fsp3) is 0.667. The summed E-state index contributed by atoms with van der Waals surface area (Å²) < 4.78 is 0. The van der Waals surface area contributed by atoms with Crippen molar-refractivity contribution in [1.29, 1.82) is 0 Å². The molecule has 33 valence electrons. The molecule has 0 amide bonds. The highest BCUT2D eigenvalue weighted by molar-refractivity contribution is 5.59. The molecule has 3 heteroatoms. The van der Waals surface area contributed by atoms with Crippen molar-refractivity contribution < 1.29 is 0 Å². The van der Waals surface area contributed by atoms with Crippen molar-refractivity contribution in [3.8, 4) is 0 Å². The predicted octanol–water partition coefficient (Wildman–Crippen LogP) is -1.00. The first kappa shape index (κ1) is 3.61. The van der Waals surface area contributed by atoms with Crippen LogP contribution in [0.5, 0.6) is 0 Å². The number of hydrogen-bond acceptors (Lipinski definition) is 3. The Balaban J connectivity index is 2.26. The van der Waals surface area contributed by atoms with Gasteiger partial charge >= 0.3 is 0 Å². The van der Waals surface area contributed by atoms with Gasteiger partial charge in [-0.15, -0.1) is 0 Å². The van der Waals surface area contributed by atoms with Gasteiger partial charge in [0.15, 0.2) is 0 Å². The largest absolute Gasteiger partial charge is 0.296 e. The van der Waals surface area contributed by atoms with Crippen molar-refractivity contribution in [2.45, 2.75) is 0 Å². The van der Waals surface area contributed by atoms with Crippen LogP contribution in [0, 0.1) is 0 Å². The second-order valence-electron chi connectivity index (χ2n) is 1.03. The van der Waals surface area contributed by atoms with E-state index < -0.39 is 0 Å². The molecule has 3 nitrogen and oxygen atoms in total. The van der Waals surface area contributed by atoms with Gasteiger partial charge < -0.3 is 0 Å². The van der Waals surface area contributed by atoms with Crippen LogP contribution in [0.2, 0.25) is 0 Å². The maximum atomic E-state index is 3.61. The average molecular weight is 84.1 g/mol. The monoisotopic (exact) mass is 84.1 g/mol. The highest BCUT2D eigenvalue weighted by atomic mass is 15.3. The molecule has 1 aliphatic rings. The normalized spacial score (nSPS) is 20.0. The average Bonchev–Trinajstić information content (AvgIpc) is 1.72. The van der Waals surface area contributed by atoms with Crippen LogP contribution in [-0.4, -0.2) is 19.4 Å². The minimum absolute atomic E-state index is 0.771. The summed E-state index contributed by atoms with van der Waals surface area (Å²) in [5.41, 5.74) is 2.69. The summed E-state index contributed by atoms with van der Waals surface area (Å²) in [6.07, 6.45) is 2.69. The number of nitrogens with zero attached hydrogens (tertiary/aromatic N) is 1. The lowest BCUT2D eigenvalue weighted by Crippen LogP contribution is -2.31. The topological polar surface area (TPSA) is 36.4 Å². The molecule has 1 heterocycles. The summed E-state index contributed by atoms with van der Waals surface area (Å²) >= 11 is 0. The summed E-state index contributed by atoms with van der Waals surface area (Å²) in [5.74, 6) is 0. The zero-order valence-corrected chi connectivity index (χ0v) is 3.36. The Morgan fingerprint density at radius 3 is 2.83 bits per heavy atom. The number of hydrogen-bond donors (Lipinski definition) is 2. The first-order valence-corrected chi connectivity index (χ1v) is 1.86. The van der Waals surface area contributed by atoms with Crippen LogP contribution in [0.25, 0.3) is 0 Å². The Morgan fingerprint density at radius 2 is 2.67 bits per heavy atom. The SMILES string of the molecule is [C]1=NNCNC1. The third-order valence-electron chi connectivity index (χ3n) is 0.566. The molecule has 0 saturated carbocycles. The zero-order valence-electron chi connectivity index (χ0n) is 3.36. The van der Waals surface area contributed by atoms with Gasteiger partial charge in [-0.25, -0.2) is 0 Å². The third-order valence-corrected chi connectivity index (χ3v) is 0.566. The van der Waals surface area contributed by atoms with E-state index in [0.29, 0.717) is 0 Å². The van der Waals surface area contributed by atoms with E-state index in [-0.39, 0.29) is 0 Å². The van der Waals surface area contributed by atoms with Crippen molar-refractivity contribution >= 4 is 6.21 Å². The van der Waals surface area contributed by atoms with Crippen molar-refractivity contribution in [1.82, 2.24) is 10.7 Å². The Labute approximate surface area is 36.4 Å². The van der Waals surface area contributed by atoms with Crippen molar-refractivity contribution in [3.05, 3.63) is 0 Å². The van der Waals surface area contributed by atoms with Gasteiger partial charge in [0.05, 0.1) is 12.9 Å². The van der Waals surface area contributed by atoms with E-state index in [2.05, 4.69) is 22.1 Å². The van der Waals surface area contributed by atoms with E-state index in [1.54, 1.807) is 0 Å². The lowest BCUT2D eigenvalue weighted by Gasteiger charge is -2.03. The molecular weight excluding hydrogens is 78.1 g/mol. The van der Waals surface area contributed by atoms with Crippen LogP contribution in [0.1, 0.15) is 0 Å². The fourth-order valence-electron chi connectivity index (χ4n) is 0.309. The predicted molar refractivity (Wildman–Crippen MR) is 23.4 cm³/mol. The molecule has 0 saturated heterocycles. The van der Waals surface area contributed by atoms with Gasteiger partial charge in [-0.2, -0.15) is 5.10 Å². The second-order valence-corrected chi connectivity index (χ2v) is 1.03. The maximum Gasteiger partial charge on any atom is 0.0987 e. The molecule has 1 aliphatic heterocycles. The van der Waals surface area contributed by atoms with E-state index in [4.69, 9.17) is 0 Å². The molecule has 2 N–H and O–H groups in total. The third kappa shape index (κ3) is 0.687. The lowest BCUT2D eigenvalue weighted by molar-refractivity contribution is 0.622. The molecule has 1 radical (unpaired) electrons.